The molecule has 0 N–H and O–H groups in total. The summed E-state index contributed by atoms with van der Waals surface area (Å²) < 4.78 is 0. The lowest BCUT2D eigenvalue weighted by Crippen LogP contribution is -2.80. The minimum Gasteiger partial charge on any atom is -0.0704 e. The normalized spacial score (nSPS) is 15.4. The van der Waals surface area contributed by atoms with Crippen LogP contribution in [-0.4, -0.2) is 23.0 Å². The summed E-state index contributed by atoms with van der Waals surface area (Å²) in [5.74, 6) is 0. The molecule has 0 aromatic heterocycles. The third-order valence-corrected chi connectivity index (χ3v) is 48.7. The molecule has 0 aliphatic heterocycles. The van der Waals surface area contributed by atoms with Gasteiger partial charge in [0.25, 0.3) is 0 Å². The van der Waals surface area contributed by atoms with Crippen LogP contribution in [0.25, 0.3) is 0 Å². The van der Waals surface area contributed by atoms with Crippen molar-refractivity contribution in [2.24, 2.45) is 0 Å². The third kappa shape index (κ3) is 4.11. The van der Waals surface area contributed by atoms with E-state index in [0.29, 0.717) is 20.2 Å². The number of hydrogen-bond acceptors (Lipinski definition) is 0. The highest BCUT2D eigenvalue weighted by molar-refractivity contribution is 7.66. The Labute approximate surface area is 174 Å². The van der Waals surface area contributed by atoms with Gasteiger partial charge in [-0.2, -0.15) is 0 Å². The van der Waals surface area contributed by atoms with Gasteiger partial charge in [0.15, 0.2) is 0 Å². The van der Waals surface area contributed by atoms with E-state index in [0.717, 1.165) is 0 Å². The molecule has 0 spiro atoms. The Morgan fingerprint density at radius 1 is 0.519 bits per heavy atom. The molecule has 1 radical (unpaired) electrons. The van der Waals surface area contributed by atoms with Gasteiger partial charge in [0.2, 0.25) is 0 Å². The average molecular weight is 420 g/mol. The first kappa shape index (κ1) is 24.9. The lowest BCUT2D eigenvalue weighted by atomic mass is 10.2. The fourth-order valence-corrected chi connectivity index (χ4v) is 54.6. The first-order valence-electron chi connectivity index (χ1n) is 10.7. The SMILES string of the molecule is CC(C)(C)[Si](C)([Si](c1ccccc1)[Si](C)(C(C)(C)C)C(C)(C)C)C(C)(C)C. The predicted molar refractivity (Wildman–Crippen MR) is 134 cm³/mol. The van der Waals surface area contributed by atoms with Crippen molar-refractivity contribution < 1.29 is 0 Å². The van der Waals surface area contributed by atoms with Gasteiger partial charge >= 0.3 is 0 Å². The van der Waals surface area contributed by atoms with Gasteiger partial charge < -0.3 is 0 Å². The molecule has 0 atom stereocenters. The summed E-state index contributed by atoms with van der Waals surface area (Å²) in [5, 5.41) is 3.21. The van der Waals surface area contributed by atoms with Crippen molar-refractivity contribution in [3.8, 4) is 0 Å². The molecule has 1 aromatic carbocycles. The van der Waals surface area contributed by atoms with E-state index < -0.39 is 23.0 Å². The Kier molecular flexibility index (Phi) is 6.72. The van der Waals surface area contributed by atoms with Crippen LogP contribution < -0.4 is 5.19 Å². The van der Waals surface area contributed by atoms with Gasteiger partial charge in [-0.15, -0.1) is 0 Å². The van der Waals surface area contributed by atoms with Crippen LogP contribution in [-0.2, 0) is 0 Å². The maximum absolute atomic E-state index is 2.77. The number of rotatable bonds is 3. The van der Waals surface area contributed by atoms with Gasteiger partial charge in [-0.3, -0.25) is 0 Å². The van der Waals surface area contributed by atoms with Crippen molar-refractivity contribution >= 4 is 28.2 Å². The van der Waals surface area contributed by atoms with Crippen LogP contribution in [0.3, 0.4) is 0 Å². The Hall–Kier alpha value is -0.129. The van der Waals surface area contributed by atoms with E-state index >= 15 is 0 Å². The molecule has 0 heterocycles. The highest BCUT2D eigenvalue weighted by Gasteiger charge is 2.66. The van der Waals surface area contributed by atoms with Crippen LogP contribution in [0.1, 0.15) is 83.1 Å². The zero-order chi connectivity index (χ0) is 21.7. The molecule has 0 aliphatic carbocycles. The van der Waals surface area contributed by atoms with Gasteiger partial charge in [-0.1, -0.05) is 132 Å². The van der Waals surface area contributed by atoms with E-state index in [1.165, 1.54) is 0 Å². The Morgan fingerprint density at radius 2 is 0.778 bits per heavy atom. The molecule has 0 saturated carbocycles. The molecular formula is C24H47Si3. The second-order valence-corrected chi connectivity index (χ2v) is 35.3. The van der Waals surface area contributed by atoms with Crippen molar-refractivity contribution in [2.45, 2.75) is 116 Å². The molecule has 0 saturated heterocycles. The fourth-order valence-electron chi connectivity index (χ4n) is 5.43. The van der Waals surface area contributed by atoms with Gasteiger partial charge in [-0.25, -0.2) is 0 Å². The maximum atomic E-state index is 2.77. The third-order valence-electron chi connectivity index (χ3n) is 8.06. The van der Waals surface area contributed by atoms with E-state index in [1.807, 2.05) is 0 Å². The largest absolute Gasteiger partial charge is 0.0727 e. The highest BCUT2D eigenvalue weighted by Crippen LogP contribution is 2.60. The average Bonchev–Trinajstić information content (AvgIpc) is 2.43. The number of hydrogen-bond donors (Lipinski definition) is 0. The lowest BCUT2D eigenvalue weighted by molar-refractivity contribution is 0.626. The smallest absolute Gasteiger partial charge is 0.0704 e. The van der Waals surface area contributed by atoms with Gasteiger partial charge in [-0.05, 0) is 20.2 Å². The molecular weight excluding hydrogens is 373 g/mol. The molecule has 0 unspecified atom stereocenters. The first-order valence-corrected chi connectivity index (χ1v) is 19.2. The van der Waals surface area contributed by atoms with Crippen molar-refractivity contribution in [1.82, 2.24) is 0 Å². The van der Waals surface area contributed by atoms with E-state index in [9.17, 15) is 0 Å². The fraction of sp³-hybridized carbons (Fsp3) is 0.750. The molecule has 0 fully saturated rings. The second-order valence-electron chi connectivity index (χ2n) is 13.0. The summed E-state index contributed by atoms with van der Waals surface area (Å²) in [6.45, 7) is 36.2. The summed E-state index contributed by atoms with van der Waals surface area (Å²) in [4.78, 5) is 0. The molecule has 1 rings (SSSR count). The molecule has 3 heteroatoms. The Balaban J connectivity index is 4.10. The van der Waals surface area contributed by atoms with Crippen LogP contribution in [0.5, 0.6) is 0 Å². The van der Waals surface area contributed by atoms with Gasteiger partial charge in [0.05, 0.1) is 23.0 Å². The standard InChI is InChI=1S/C24H47Si3/c1-21(2,3)26(13,22(4,5)6)25(20-18-16-15-17-19-20)27(14,23(7,8)9)24(10,11)12/h15-19H,1-14H3. The van der Waals surface area contributed by atoms with E-state index in [4.69, 9.17) is 0 Å². The van der Waals surface area contributed by atoms with Crippen molar-refractivity contribution in [1.29, 1.82) is 0 Å². The molecule has 0 aliphatic rings. The summed E-state index contributed by atoms with van der Waals surface area (Å²) in [6, 6.07) is 11.8. The predicted octanol–water partition coefficient (Wildman–Crippen LogP) is 7.90. The van der Waals surface area contributed by atoms with Crippen molar-refractivity contribution in [2.75, 3.05) is 0 Å². The summed E-state index contributed by atoms with van der Waals surface area (Å²) in [6.07, 6.45) is 0. The molecule has 0 amide bonds. The zero-order valence-corrected chi connectivity index (χ0v) is 23.9. The van der Waals surface area contributed by atoms with Crippen LogP contribution in [0.2, 0.25) is 33.2 Å². The topological polar surface area (TPSA) is 0 Å². The Bertz CT molecular complexity index is 553. The van der Waals surface area contributed by atoms with Gasteiger partial charge in [0.1, 0.15) is 0 Å². The van der Waals surface area contributed by atoms with Crippen LogP contribution >= 0.6 is 0 Å². The minimum atomic E-state index is -1.71. The Morgan fingerprint density at radius 3 is 1.00 bits per heavy atom. The highest BCUT2D eigenvalue weighted by atomic mass is 29.6. The van der Waals surface area contributed by atoms with Crippen LogP contribution in [0.4, 0.5) is 0 Å². The lowest BCUT2D eigenvalue weighted by Gasteiger charge is -2.64. The second kappa shape index (κ2) is 7.28. The quantitative estimate of drug-likeness (QED) is 0.437. The minimum absolute atomic E-state index is 0.375. The van der Waals surface area contributed by atoms with Gasteiger partial charge in [0, 0.05) is 0 Å². The first-order chi connectivity index (χ1) is 11.7. The summed E-state index contributed by atoms with van der Waals surface area (Å²) >= 11 is 0. The van der Waals surface area contributed by atoms with Crippen LogP contribution in [0, 0.1) is 0 Å². The summed E-state index contributed by atoms with van der Waals surface area (Å²) in [7, 11) is -4.18. The van der Waals surface area contributed by atoms with E-state index in [-0.39, 0.29) is 0 Å². The van der Waals surface area contributed by atoms with Crippen molar-refractivity contribution in [3.63, 3.8) is 0 Å². The molecule has 0 bridgehead atoms. The molecule has 155 valence electrons. The van der Waals surface area contributed by atoms with Crippen molar-refractivity contribution in [3.05, 3.63) is 30.3 Å². The summed E-state index contributed by atoms with van der Waals surface area (Å²) in [5.41, 5.74) is 0. The van der Waals surface area contributed by atoms with E-state index in [2.05, 4.69) is 127 Å². The molecule has 1 aromatic rings. The maximum Gasteiger partial charge on any atom is 0.0727 e. The monoisotopic (exact) mass is 419 g/mol. The molecule has 0 nitrogen and oxygen atoms in total. The van der Waals surface area contributed by atoms with E-state index in [1.54, 1.807) is 5.19 Å². The van der Waals surface area contributed by atoms with Crippen LogP contribution in [0.15, 0.2) is 30.3 Å². The number of benzene rings is 1. The zero-order valence-electron chi connectivity index (χ0n) is 20.9. The molecule has 27 heavy (non-hydrogen) atoms.